The van der Waals surface area contributed by atoms with Crippen molar-refractivity contribution in [2.45, 2.75) is 20.4 Å². The molecule has 4 rings (SSSR count). The van der Waals surface area contributed by atoms with Gasteiger partial charge in [0.1, 0.15) is 12.2 Å². The van der Waals surface area contributed by atoms with Crippen molar-refractivity contribution < 1.29 is 13.8 Å². The van der Waals surface area contributed by atoms with E-state index < -0.39 is 0 Å². The van der Waals surface area contributed by atoms with Crippen molar-refractivity contribution in [3.63, 3.8) is 0 Å². The lowest BCUT2D eigenvalue weighted by molar-refractivity contribution is -0.914. The third-order valence-corrected chi connectivity index (χ3v) is 5.14. The van der Waals surface area contributed by atoms with Crippen LogP contribution in [0.4, 0.5) is 5.69 Å². The summed E-state index contributed by atoms with van der Waals surface area (Å²) in [5.74, 6) is 1.43. The van der Waals surface area contributed by atoms with E-state index in [9.17, 15) is 0 Å². The zero-order valence-corrected chi connectivity index (χ0v) is 14.8. The number of furan rings is 1. The van der Waals surface area contributed by atoms with Crippen LogP contribution in [0, 0.1) is 13.8 Å². The predicted molar refractivity (Wildman–Crippen MR) is 96.7 cm³/mol. The van der Waals surface area contributed by atoms with Crippen molar-refractivity contribution >= 4 is 5.69 Å². The minimum atomic E-state index is 0.702. The van der Waals surface area contributed by atoms with E-state index in [-0.39, 0.29) is 0 Å². The third kappa shape index (κ3) is 3.33. The largest absolute Gasteiger partial charge is 0.461 e. The first-order valence-electron chi connectivity index (χ1n) is 8.85. The van der Waals surface area contributed by atoms with E-state index in [0.717, 1.165) is 44.2 Å². The van der Waals surface area contributed by atoms with Crippen molar-refractivity contribution in [2.24, 2.45) is 0 Å². The van der Waals surface area contributed by atoms with Crippen LogP contribution in [0.5, 0.6) is 0 Å². The first kappa shape index (κ1) is 16.0. The molecule has 3 heterocycles. The van der Waals surface area contributed by atoms with E-state index >= 15 is 0 Å². The molecule has 5 heteroatoms. The lowest BCUT2D eigenvalue weighted by atomic mass is 10.1. The van der Waals surface area contributed by atoms with Gasteiger partial charge in [0.2, 0.25) is 5.76 Å². The van der Waals surface area contributed by atoms with Gasteiger partial charge in [-0.1, -0.05) is 17.3 Å². The summed E-state index contributed by atoms with van der Waals surface area (Å²) in [5, 5.41) is 4.20. The van der Waals surface area contributed by atoms with Crippen LogP contribution in [0.3, 0.4) is 0 Å². The molecule has 0 unspecified atom stereocenters. The Kier molecular flexibility index (Phi) is 4.32. The zero-order chi connectivity index (χ0) is 17.2. The van der Waals surface area contributed by atoms with Crippen LogP contribution in [0.25, 0.3) is 11.5 Å². The normalized spacial score (nSPS) is 15.7. The lowest BCUT2D eigenvalue weighted by Gasteiger charge is -2.34. The number of benzene rings is 1. The van der Waals surface area contributed by atoms with E-state index in [1.807, 2.05) is 18.2 Å². The highest BCUT2D eigenvalue weighted by Gasteiger charge is 2.23. The quantitative estimate of drug-likeness (QED) is 0.794. The molecular weight excluding hydrogens is 314 g/mol. The molecule has 1 aromatic carbocycles. The maximum Gasteiger partial charge on any atom is 0.202 e. The van der Waals surface area contributed by atoms with Gasteiger partial charge in [-0.15, -0.1) is 0 Å². The molecule has 1 saturated heterocycles. The molecule has 25 heavy (non-hydrogen) atoms. The summed E-state index contributed by atoms with van der Waals surface area (Å²) >= 11 is 0. The van der Waals surface area contributed by atoms with Crippen molar-refractivity contribution in [1.82, 2.24) is 5.16 Å². The summed E-state index contributed by atoms with van der Waals surface area (Å²) < 4.78 is 10.8. The summed E-state index contributed by atoms with van der Waals surface area (Å²) in [6.45, 7) is 9.65. The molecule has 0 bridgehead atoms. The van der Waals surface area contributed by atoms with Crippen LogP contribution < -0.4 is 9.80 Å². The number of hydrogen-bond donors (Lipinski definition) is 1. The van der Waals surface area contributed by atoms with Crippen LogP contribution in [0.2, 0.25) is 0 Å². The molecule has 0 atom stereocenters. The van der Waals surface area contributed by atoms with Gasteiger partial charge >= 0.3 is 0 Å². The van der Waals surface area contributed by atoms with E-state index in [0.29, 0.717) is 5.76 Å². The average molecular weight is 338 g/mol. The van der Waals surface area contributed by atoms with Crippen LogP contribution in [-0.4, -0.2) is 31.3 Å². The fourth-order valence-electron chi connectivity index (χ4n) is 3.50. The van der Waals surface area contributed by atoms with Gasteiger partial charge < -0.3 is 18.7 Å². The highest BCUT2D eigenvalue weighted by molar-refractivity contribution is 5.56. The van der Waals surface area contributed by atoms with Crippen LogP contribution in [-0.2, 0) is 6.54 Å². The van der Waals surface area contributed by atoms with Gasteiger partial charge in [0.25, 0.3) is 0 Å². The number of anilines is 1. The lowest BCUT2D eigenvalue weighted by Crippen LogP contribution is -3.13. The summed E-state index contributed by atoms with van der Waals surface area (Å²) in [5.41, 5.74) is 5.12. The molecule has 0 radical (unpaired) electrons. The number of aromatic nitrogens is 1. The van der Waals surface area contributed by atoms with Crippen LogP contribution in [0.15, 0.2) is 51.6 Å². The standard InChI is InChI=1S/C20H23N3O2/c1-15-5-3-6-18(16(15)2)23-10-8-22(9-11-23)14-17-13-20(25-21-17)19-7-4-12-24-19/h3-7,12-13H,8-11,14H2,1-2H3/p+1. The fourth-order valence-corrected chi connectivity index (χ4v) is 3.50. The Morgan fingerprint density at radius 1 is 1.08 bits per heavy atom. The summed E-state index contributed by atoms with van der Waals surface area (Å²) in [6.07, 6.45) is 1.65. The number of hydrogen-bond acceptors (Lipinski definition) is 4. The van der Waals surface area contributed by atoms with E-state index in [1.54, 1.807) is 11.2 Å². The maximum absolute atomic E-state index is 5.40. The second-order valence-corrected chi connectivity index (χ2v) is 6.79. The minimum absolute atomic E-state index is 0.702. The van der Waals surface area contributed by atoms with E-state index in [4.69, 9.17) is 8.94 Å². The first-order chi connectivity index (χ1) is 12.2. The molecule has 1 fully saturated rings. The number of rotatable bonds is 4. The molecule has 2 aromatic heterocycles. The van der Waals surface area contributed by atoms with Crippen molar-refractivity contribution in [3.05, 3.63) is 59.5 Å². The molecule has 0 amide bonds. The third-order valence-electron chi connectivity index (χ3n) is 5.14. The number of aryl methyl sites for hydroxylation is 1. The Morgan fingerprint density at radius 2 is 1.92 bits per heavy atom. The number of piperazine rings is 1. The number of nitrogens with one attached hydrogen (secondary N) is 1. The maximum atomic E-state index is 5.40. The topological polar surface area (TPSA) is 46.9 Å². The van der Waals surface area contributed by atoms with Crippen LogP contribution in [0.1, 0.15) is 16.8 Å². The summed E-state index contributed by atoms with van der Waals surface area (Å²) in [7, 11) is 0. The van der Waals surface area contributed by atoms with Gasteiger partial charge in [-0.05, 0) is 43.2 Å². The Bertz CT molecular complexity index is 831. The van der Waals surface area contributed by atoms with Gasteiger partial charge in [0.15, 0.2) is 5.76 Å². The van der Waals surface area contributed by atoms with Gasteiger partial charge in [-0.2, -0.15) is 0 Å². The molecule has 1 N–H and O–H groups in total. The average Bonchev–Trinajstić information content (AvgIpc) is 3.30. The SMILES string of the molecule is Cc1cccc(N2CC[NH+](Cc3cc(-c4ccco4)on3)CC2)c1C. The molecule has 1 aliphatic rings. The minimum Gasteiger partial charge on any atom is -0.461 e. The molecule has 0 aliphatic carbocycles. The second-order valence-electron chi connectivity index (χ2n) is 6.79. The molecule has 0 spiro atoms. The molecule has 130 valence electrons. The molecule has 3 aromatic rings. The summed E-state index contributed by atoms with van der Waals surface area (Å²) in [4.78, 5) is 4.05. The van der Waals surface area contributed by atoms with Gasteiger partial charge in [0, 0.05) is 11.8 Å². The van der Waals surface area contributed by atoms with Crippen molar-refractivity contribution in [1.29, 1.82) is 0 Å². The Morgan fingerprint density at radius 3 is 2.68 bits per heavy atom. The van der Waals surface area contributed by atoms with Gasteiger partial charge in [-0.3, -0.25) is 0 Å². The second kappa shape index (κ2) is 6.76. The molecule has 1 aliphatic heterocycles. The van der Waals surface area contributed by atoms with Crippen molar-refractivity contribution in [2.75, 3.05) is 31.1 Å². The Labute approximate surface area is 147 Å². The zero-order valence-electron chi connectivity index (χ0n) is 14.8. The molecular formula is C20H24N3O2+. The smallest absolute Gasteiger partial charge is 0.202 e. The highest BCUT2D eigenvalue weighted by Crippen LogP contribution is 2.23. The van der Waals surface area contributed by atoms with E-state index in [2.05, 4.69) is 42.1 Å². The monoisotopic (exact) mass is 338 g/mol. The number of quaternary nitrogens is 1. The highest BCUT2D eigenvalue weighted by atomic mass is 16.5. The Balaban J connectivity index is 1.37. The Hall–Kier alpha value is -2.53. The van der Waals surface area contributed by atoms with Crippen LogP contribution >= 0.6 is 0 Å². The predicted octanol–water partition coefficient (Wildman–Crippen LogP) is 2.46. The van der Waals surface area contributed by atoms with Crippen molar-refractivity contribution in [3.8, 4) is 11.5 Å². The summed E-state index contributed by atoms with van der Waals surface area (Å²) in [6, 6.07) is 12.3. The molecule has 5 nitrogen and oxygen atoms in total. The van der Waals surface area contributed by atoms with Gasteiger partial charge in [0.05, 0.1) is 32.4 Å². The van der Waals surface area contributed by atoms with Gasteiger partial charge in [-0.25, -0.2) is 0 Å². The number of nitrogens with zero attached hydrogens (tertiary/aromatic N) is 2. The van der Waals surface area contributed by atoms with E-state index in [1.165, 1.54) is 16.8 Å². The first-order valence-corrected chi connectivity index (χ1v) is 8.85. The fraction of sp³-hybridized carbons (Fsp3) is 0.350. The molecule has 0 saturated carbocycles.